The SMILES string of the molecule is COc1ccc(NC(=O)Cn2nc(C)c3ccccc3c2=O)cc1OC. The van der Waals surface area contributed by atoms with Gasteiger partial charge in [-0.05, 0) is 25.1 Å². The molecule has 134 valence electrons. The Morgan fingerprint density at radius 1 is 1.08 bits per heavy atom. The van der Waals surface area contributed by atoms with E-state index in [4.69, 9.17) is 9.47 Å². The molecule has 26 heavy (non-hydrogen) atoms. The van der Waals surface area contributed by atoms with Gasteiger partial charge in [-0.2, -0.15) is 5.10 Å². The number of methoxy groups -OCH3 is 2. The third-order valence-corrected chi connectivity index (χ3v) is 4.01. The zero-order chi connectivity index (χ0) is 18.7. The number of nitrogens with zero attached hydrogens (tertiary/aromatic N) is 2. The Hall–Kier alpha value is -3.35. The number of carbonyl (C=O) groups is 1. The topological polar surface area (TPSA) is 82.5 Å². The van der Waals surface area contributed by atoms with E-state index in [9.17, 15) is 9.59 Å². The van der Waals surface area contributed by atoms with E-state index >= 15 is 0 Å². The molecule has 3 aromatic rings. The minimum atomic E-state index is -0.360. The van der Waals surface area contributed by atoms with Crippen LogP contribution in [0.1, 0.15) is 5.69 Å². The Bertz CT molecular complexity index is 1030. The molecule has 0 fully saturated rings. The van der Waals surface area contributed by atoms with E-state index in [1.807, 2.05) is 19.1 Å². The van der Waals surface area contributed by atoms with Gasteiger partial charge in [0.1, 0.15) is 6.54 Å². The number of fused-ring (bicyclic) bond motifs is 1. The third-order valence-electron chi connectivity index (χ3n) is 4.01. The van der Waals surface area contributed by atoms with Crippen molar-refractivity contribution in [3.63, 3.8) is 0 Å². The van der Waals surface area contributed by atoms with Crippen molar-refractivity contribution in [2.24, 2.45) is 0 Å². The molecular formula is C19H19N3O4. The van der Waals surface area contributed by atoms with Gasteiger partial charge in [-0.25, -0.2) is 4.68 Å². The summed E-state index contributed by atoms with van der Waals surface area (Å²) in [5.41, 5.74) is 0.936. The predicted octanol–water partition coefficient (Wildman–Crippen LogP) is 2.36. The number of benzene rings is 2. The van der Waals surface area contributed by atoms with Crippen LogP contribution < -0.4 is 20.3 Å². The van der Waals surface area contributed by atoms with Crippen molar-refractivity contribution in [3.05, 3.63) is 58.5 Å². The largest absolute Gasteiger partial charge is 0.493 e. The van der Waals surface area contributed by atoms with Crippen LogP contribution in [0.4, 0.5) is 5.69 Å². The number of anilines is 1. The molecule has 0 aliphatic rings. The lowest BCUT2D eigenvalue weighted by Gasteiger charge is -2.11. The Kier molecular flexibility index (Phi) is 4.88. The fraction of sp³-hybridized carbons (Fsp3) is 0.211. The first-order valence-corrected chi connectivity index (χ1v) is 8.02. The van der Waals surface area contributed by atoms with Crippen LogP contribution in [-0.4, -0.2) is 29.9 Å². The first kappa shape index (κ1) is 17.5. The smallest absolute Gasteiger partial charge is 0.275 e. The Balaban J connectivity index is 1.84. The van der Waals surface area contributed by atoms with Gasteiger partial charge in [0.15, 0.2) is 11.5 Å². The highest BCUT2D eigenvalue weighted by molar-refractivity contribution is 5.91. The highest BCUT2D eigenvalue weighted by Gasteiger charge is 2.12. The molecule has 0 saturated carbocycles. The molecule has 0 spiro atoms. The van der Waals surface area contributed by atoms with E-state index < -0.39 is 0 Å². The average molecular weight is 353 g/mol. The molecule has 0 aliphatic carbocycles. The second-order valence-electron chi connectivity index (χ2n) is 5.71. The van der Waals surface area contributed by atoms with E-state index in [-0.39, 0.29) is 18.0 Å². The molecule has 0 atom stereocenters. The van der Waals surface area contributed by atoms with Crippen molar-refractivity contribution in [1.29, 1.82) is 0 Å². The monoisotopic (exact) mass is 353 g/mol. The lowest BCUT2D eigenvalue weighted by Crippen LogP contribution is -2.30. The molecule has 0 bridgehead atoms. The highest BCUT2D eigenvalue weighted by Crippen LogP contribution is 2.29. The van der Waals surface area contributed by atoms with Crippen LogP contribution in [0.2, 0.25) is 0 Å². The molecular weight excluding hydrogens is 334 g/mol. The van der Waals surface area contributed by atoms with Crippen molar-refractivity contribution in [2.75, 3.05) is 19.5 Å². The minimum Gasteiger partial charge on any atom is -0.493 e. The first-order chi connectivity index (χ1) is 12.5. The highest BCUT2D eigenvalue weighted by atomic mass is 16.5. The van der Waals surface area contributed by atoms with Gasteiger partial charge < -0.3 is 14.8 Å². The maximum absolute atomic E-state index is 12.5. The van der Waals surface area contributed by atoms with Gasteiger partial charge in [-0.1, -0.05) is 18.2 Å². The van der Waals surface area contributed by atoms with Gasteiger partial charge in [0.25, 0.3) is 5.56 Å². The van der Waals surface area contributed by atoms with Crippen LogP contribution in [0.5, 0.6) is 11.5 Å². The average Bonchev–Trinajstić information content (AvgIpc) is 2.65. The summed E-state index contributed by atoms with van der Waals surface area (Å²) in [6.07, 6.45) is 0. The van der Waals surface area contributed by atoms with Crippen LogP contribution in [0.15, 0.2) is 47.3 Å². The Morgan fingerprint density at radius 2 is 1.77 bits per heavy atom. The van der Waals surface area contributed by atoms with Crippen molar-refractivity contribution < 1.29 is 14.3 Å². The number of aryl methyl sites for hydroxylation is 1. The number of nitrogens with one attached hydrogen (secondary N) is 1. The third kappa shape index (κ3) is 3.37. The summed E-state index contributed by atoms with van der Waals surface area (Å²) in [5, 5.41) is 8.31. The summed E-state index contributed by atoms with van der Waals surface area (Å²) in [6.45, 7) is 1.63. The van der Waals surface area contributed by atoms with Gasteiger partial charge in [0.05, 0.1) is 25.3 Å². The number of ether oxygens (including phenoxy) is 2. The molecule has 0 saturated heterocycles. The minimum absolute atomic E-state index is 0.182. The number of rotatable bonds is 5. The molecule has 1 amide bonds. The van der Waals surface area contributed by atoms with E-state index in [1.54, 1.807) is 30.3 Å². The van der Waals surface area contributed by atoms with Gasteiger partial charge in [-0.3, -0.25) is 9.59 Å². The van der Waals surface area contributed by atoms with E-state index in [0.29, 0.717) is 28.3 Å². The quantitative estimate of drug-likeness (QED) is 0.761. The summed E-state index contributed by atoms with van der Waals surface area (Å²) in [7, 11) is 3.06. The van der Waals surface area contributed by atoms with Crippen LogP contribution in [-0.2, 0) is 11.3 Å². The van der Waals surface area contributed by atoms with Crippen LogP contribution in [0.25, 0.3) is 10.8 Å². The number of hydrogen-bond donors (Lipinski definition) is 1. The number of hydrogen-bond acceptors (Lipinski definition) is 5. The normalized spacial score (nSPS) is 10.6. The number of carbonyl (C=O) groups excluding carboxylic acids is 1. The van der Waals surface area contributed by atoms with Crippen molar-refractivity contribution in [1.82, 2.24) is 9.78 Å². The van der Waals surface area contributed by atoms with Gasteiger partial charge in [-0.15, -0.1) is 0 Å². The van der Waals surface area contributed by atoms with Crippen molar-refractivity contribution in [2.45, 2.75) is 13.5 Å². The van der Waals surface area contributed by atoms with Gasteiger partial charge in [0.2, 0.25) is 5.91 Å². The molecule has 0 aliphatic heterocycles. The standard InChI is InChI=1S/C19H19N3O4/c1-12-14-6-4-5-7-15(14)19(24)22(21-12)11-18(23)20-13-8-9-16(25-2)17(10-13)26-3/h4-10H,11H2,1-3H3,(H,20,23). The number of aromatic nitrogens is 2. The lowest BCUT2D eigenvalue weighted by atomic mass is 10.1. The lowest BCUT2D eigenvalue weighted by molar-refractivity contribution is -0.117. The fourth-order valence-electron chi connectivity index (χ4n) is 2.76. The predicted molar refractivity (Wildman–Crippen MR) is 98.9 cm³/mol. The maximum atomic E-state index is 12.5. The van der Waals surface area contributed by atoms with Gasteiger partial charge in [0, 0.05) is 17.1 Å². The van der Waals surface area contributed by atoms with Crippen molar-refractivity contribution in [3.8, 4) is 11.5 Å². The molecule has 7 nitrogen and oxygen atoms in total. The van der Waals surface area contributed by atoms with Crippen molar-refractivity contribution >= 4 is 22.4 Å². The molecule has 1 heterocycles. The summed E-state index contributed by atoms with van der Waals surface area (Å²) in [6, 6.07) is 12.3. The van der Waals surface area contributed by atoms with Crippen LogP contribution >= 0.6 is 0 Å². The second-order valence-corrected chi connectivity index (χ2v) is 5.71. The summed E-state index contributed by atoms with van der Waals surface area (Å²) >= 11 is 0. The molecule has 3 rings (SSSR count). The second kappa shape index (κ2) is 7.26. The number of amides is 1. The molecule has 0 radical (unpaired) electrons. The molecule has 7 heteroatoms. The Labute approximate surface area is 150 Å². The van der Waals surface area contributed by atoms with E-state index in [2.05, 4.69) is 10.4 Å². The fourth-order valence-corrected chi connectivity index (χ4v) is 2.76. The molecule has 2 aromatic carbocycles. The summed E-state index contributed by atoms with van der Waals surface area (Å²) < 4.78 is 11.6. The van der Waals surface area contributed by atoms with E-state index in [0.717, 1.165) is 5.39 Å². The maximum Gasteiger partial charge on any atom is 0.275 e. The van der Waals surface area contributed by atoms with Crippen LogP contribution in [0.3, 0.4) is 0 Å². The zero-order valence-corrected chi connectivity index (χ0v) is 14.8. The Morgan fingerprint density at radius 3 is 2.46 bits per heavy atom. The first-order valence-electron chi connectivity index (χ1n) is 8.02. The molecule has 0 unspecified atom stereocenters. The zero-order valence-electron chi connectivity index (χ0n) is 14.8. The molecule has 1 N–H and O–H groups in total. The van der Waals surface area contributed by atoms with Crippen LogP contribution in [0, 0.1) is 6.92 Å². The molecule has 1 aromatic heterocycles. The van der Waals surface area contributed by atoms with E-state index in [1.165, 1.54) is 18.9 Å². The summed E-state index contributed by atoms with van der Waals surface area (Å²) in [4.78, 5) is 24.9. The van der Waals surface area contributed by atoms with Gasteiger partial charge >= 0.3 is 0 Å². The summed E-state index contributed by atoms with van der Waals surface area (Å²) in [5.74, 6) is 0.706.